The average Bonchev–Trinajstić information content (AvgIpc) is 2.18. The number of carbonyl (C=O) groups excluding carboxylic acids is 1. The van der Waals surface area contributed by atoms with Gasteiger partial charge in [0.15, 0.2) is 5.78 Å². The number of ketones is 1. The first kappa shape index (κ1) is 15.4. The molecule has 1 unspecified atom stereocenters. The number of hydrogen-bond acceptors (Lipinski definition) is 1. The van der Waals surface area contributed by atoms with Crippen LogP contribution in [0.4, 0.5) is 4.39 Å². The summed E-state index contributed by atoms with van der Waals surface area (Å²) in [5, 5.41) is 0. The van der Waals surface area contributed by atoms with Crippen molar-refractivity contribution < 1.29 is 9.18 Å². The van der Waals surface area contributed by atoms with Crippen molar-refractivity contribution in [3.8, 4) is 0 Å². The van der Waals surface area contributed by atoms with Crippen LogP contribution in [-0.4, -0.2) is 5.78 Å². The zero-order valence-electron chi connectivity index (χ0n) is 11.4. The minimum Gasteiger partial charge on any atom is -0.294 e. The highest BCUT2D eigenvalue weighted by Crippen LogP contribution is 2.28. The lowest BCUT2D eigenvalue weighted by Gasteiger charge is -2.22. The highest BCUT2D eigenvalue weighted by atomic mass is 79.9. The van der Waals surface area contributed by atoms with Gasteiger partial charge in [0.05, 0.1) is 10.0 Å². The molecule has 0 saturated carbocycles. The molecule has 0 aliphatic rings. The van der Waals surface area contributed by atoms with Crippen LogP contribution < -0.4 is 0 Å². The van der Waals surface area contributed by atoms with Crippen LogP contribution in [0.5, 0.6) is 0 Å². The van der Waals surface area contributed by atoms with Crippen molar-refractivity contribution in [1.29, 1.82) is 0 Å². The molecule has 0 bridgehead atoms. The van der Waals surface area contributed by atoms with Gasteiger partial charge < -0.3 is 0 Å². The number of benzene rings is 1. The lowest BCUT2D eigenvalue weighted by Crippen LogP contribution is -2.15. The third-order valence-corrected chi connectivity index (χ3v) is 3.36. The van der Waals surface area contributed by atoms with Crippen molar-refractivity contribution in [3.63, 3.8) is 0 Å². The van der Waals surface area contributed by atoms with Gasteiger partial charge in [0, 0.05) is 6.42 Å². The molecule has 0 N–H and O–H groups in total. The van der Waals surface area contributed by atoms with E-state index in [0.29, 0.717) is 10.9 Å². The first-order chi connectivity index (χ1) is 8.20. The molecule has 18 heavy (non-hydrogen) atoms. The van der Waals surface area contributed by atoms with Gasteiger partial charge in [-0.05, 0) is 45.8 Å². The lowest BCUT2D eigenvalue weighted by molar-refractivity contribution is 0.0950. The molecule has 0 amide bonds. The van der Waals surface area contributed by atoms with Crippen LogP contribution in [0.15, 0.2) is 22.7 Å². The van der Waals surface area contributed by atoms with Gasteiger partial charge >= 0.3 is 0 Å². The first-order valence-corrected chi connectivity index (χ1v) is 6.97. The van der Waals surface area contributed by atoms with Crippen LogP contribution in [0.25, 0.3) is 0 Å². The van der Waals surface area contributed by atoms with Crippen molar-refractivity contribution in [1.82, 2.24) is 0 Å². The molecule has 1 nitrogen and oxygen atoms in total. The molecule has 0 radical (unpaired) electrons. The summed E-state index contributed by atoms with van der Waals surface area (Å²) in [7, 11) is 0. The van der Waals surface area contributed by atoms with Crippen LogP contribution in [0.1, 0.15) is 50.9 Å². The Morgan fingerprint density at radius 2 is 2.00 bits per heavy atom. The van der Waals surface area contributed by atoms with Crippen molar-refractivity contribution >= 4 is 21.7 Å². The summed E-state index contributed by atoms with van der Waals surface area (Å²) in [6, 6.07) is 4.84. The van der Waals surface area contributed by atoms with Gasteiger partial charge in [0.2, 0.25) is 0 Å². The van der Waals surface area contributed by atoms with Gasteiger partial charge in [-0.15, -0.1) is 0 Å². The topological polar surface area (TPSA) is 17.1 Å². The van der Waals surface area contributed by atoms with Gasteiger partial charge in [0.1, 0.15) is 5.82 Å². The van der Waals surface area contributed by atoms with Crippen LogP contribution >= 0.6 is 15.9 Å². The molecule has 100 valence electrons. The van der Waals surface area contributed by atoms with Crippen LogP contribution in [-0.2, 0) is 0 Å². The standard InChI is InChI=1S/C15H20BrFO/c1-10(9-15(2,3)4)8-13(18)11-6-5-7-12(16)14(11)17/h5-7,10H,8-9H2,1-4H3. The van der Waals surface area contributed by atoms with E-state index >= 15 is 0 Å². The van der Waals surface area contributed by atoms with Crippen molar-refractivity contribution in [2.24, 2.45) is 11.3 Å². The molecule has 0 saturated heterocycles. The lowest BCUT2D eigenvalue weighted by atomic mass is 9.83. The number of halogens is 2. The van der Waals surface area contributed by atoms with Gasteiger partial charge in [0.25, 0.3) is 0 Å². The second-order valence-electron chi connectivity index (χ2n) is 6.10. The molecule has 1 atom stereocenters. The highest BCUT2D eigenvalue weighted by molar-refractivity contribution is 9.10. The van der Waals surface area contributed by atoms with Crippen LogP contribution in [0.2, 0.25) is 0 Å². The van der Waals surface area contributed by atoms with Crippen LogP contribution in [0, 0.1) is 17.2 Å². The molecule has 1 aromatic rings. The van der Waals surface area contributed by atoms with Gasteiger partial charge in [-0.1, -0.05) is 33.8 Å². The Kier molecular flexibility index (Phi) is 5.09. The molecule has 1 aromatic carbocycles. The van der Waals surface area contributed by atoms with Crippen molar-refractivity contribution in [3.05, 3.63) is 34.1 Å². The molecular formula is C15H20BrFO. The molecular weight excluding hydrogens is 295 g/mol. The fraction of sp³-hybridized carbons (Fsp3) is 0.533. The van der Waals surface area contributed by atoms with E-state index in [9.17, 15) is 9.18 Å². The Balaban J connectivity index is 2.74. The highest BCUT2D eigenvalue weighted by Gasteiger charge is 2.20. The van der Waals surface area contributed by atoms with E-state index in [1.165, 1.54) is 0 Å². The van der Waals surface area contributed by atoms with E-state index in [1.54, 1.807) is 18.2 Å². The number of carbonyl (C=O) groups is 1. The summed E-state index contributed by atoms with van der Waals surface area (Å²) >= 11 is 3.10. The van der Waals surface area contributed by atoms with Gasteiger partial charge in [-0.3, -0.25) is 4.79 Å². The van der Waals surface area contributed by atoms with E-state index in [4.69, 9.17) is 0 Å². The van der Waals surface area contributed by atoms with E-state index < -0.39 is 5.82 Å². The number of Topliss-reactive ketones (excluding diaryl/α,β-unsaturated/α-hetero) is 1. The van der Waals surface area contributed by atoms with Crippen LogP contribution in [0.3, 0.4) is 0 Å². The average molecular weight is 315 g/mol. The molecule has 1 rings (SSSR count). The smallest absolute Gasteiger partial charge is 0.166 e. The normalized spacial score (nSPS) is 13.4. The van der Waals surface area contributed by atoms with Crippen molar-refractivity contribution in [2.75, 3.05) is 0 Å². The monoisotopic (exact) mass is 314 g/mol. The van der Waals surface area contributed by atoms with E-state index in [2.05, 4.69) is 36.7 Å². The fourth-order valence-electron chi connectivity index (χ4n) is 2.26. The number of rotatable bonds is 4. The molecule has 0 heterocycles. The summed E-state index contributed by atoms with van der Waals surface area (Å²) in [4.78, 5) is 12.1. The zero-order valence-corrected chi connectivity index (χ0v) is 13.0. The Bertz CT molecular complexity index is 435. The molecule has 0 aromatic heterocycles. The SMILES string of the molecule is CC(CC(=O)c1cccc(Br)c1F)CC(C)(C)C. The Labute approximate surface area is 117 Å². The number of hydrogen-bond donors (Lipinski definition) is 0. The largest absolute Gasteiger partial charge is 0.294 e. The third-order valence-electron chi connectivity index (χ3n) is 2.75. The maximum absolute atomic E-state index is 13.8. The second kappa shape index (κ2) is 5.96. The minimum atomic E-state index is -0.453. The van der Waals surface area contributed by atoms with E-state index in [1.807, 2.05) is 6.92 Å². The van der Waals surface area contributed by atoms with Gasteiger partial charge in [-0.2, -0.15) is 0 Å². The van der Waals surface area contributed by atoms with Gasteiger partial charge in [-0.25, -0.2) is 4.39 Å². The predicted molar refractivity (Wildman–Crippen MR) is 76.3 cm³/mol. The van der Waals surface area contributed by atoms with Crippen molar-refractivity contribution in [2.45, 2.75) is 40.5 Å². The maximum atomic E-state index is 13.8. The fourth-order valence-corrected chi connectivity index (χ4v) is 2.63. The Morgan fingerprint density at radius 1 is 1.39 bits per heavy atom. The van der Waals surface area contributed by atoms with E-state index in [0.717, 1.165) is 6.42 Å². The maximum Gasteiger partial charge on any atom is 0.166 e. The summed E-state index contributed by atoms with van der Waals surface area (Å²) in [6.07, 6.45) is 1.35. The summed E-state index contributed by atoms with van der Waals surface area (Å²) < 4.78 is 14.1. The second-order valence-corrected chi connectivity index (χ2v) is 6.95. The summed E-state index contributed by atoms with van der Waals surface area (Å²) in [5.74, 6) is -0.313. The Hall–Kier alpha value is -0.700. The minimum absolute atomic E-state index is 0.120. The summed E-state index contributed by atoms with van der Waals surface area (Å²) in [5.41, 5.74) is 0.375. The predicted octanol–water partition coefficient (Wildman–Crippen LogP) is 5.23. The molecule has 3 heteroatoms. The quantitative estimate of drug-likeness (QED) is 0.695. The molecule has 0 spiro atoms. The Morgan fingerprint density at radius 3 is 2.56 bits per heavy atom. The van der Waals surface area contributed by atoms with E-state index in [-0.39, 0.29) is 22.7 Å². The zero-order chi connectivity index (χ0) is 13.9. The molecule has 0 aliphatic carbocycles. The molecule has 0 aliphatic heterocycles. The third kappa shape index (κ3) is 4.52. The first-order valence-electron chi connectivity index (χ1n) is 6.18. The summed E-state index contributed by atoms with van der Waals surface area (Å²) in [6.45, 7) is 8.48. The molecule has 0 fully saturated rings.